The highest BCUT2D eigenvalue weighted by atomic mass is 32.1. The topological polar surface area (TPSA) is 55.1 Å². The van der Waals surface area contributed by atoms with Crippen molar-refractivity contribution in [2.24, 2.45) is 23.5 Å². The van der Waals surface area contributed by atoms with Gasteiger partial charge in [0.2, 0.25) is 5.91 Å². The third-order valence-corrected chi connectivity index (χ3v) is 5.89. The molecule has 0 spiro atoms. The number of carbonyl (C=O) groups excluding carboxylic acids is 1. The third-order valence-electron chi connectivity index (χ3n) is 4.93. The number of hydrogen-bond donors (Lipinski definition) is 2. The average molecular weight is 278 g/mol. The summed E-state index contributed by atoms with van der Waals surface area (Å²) < 4.78 is 0. The van der Waals surface area contributed by atoms with Gasteiger partial charge in [0, 0.05) is 10.9 Å². The Labute approximate surface area is 118 Å². The van der Waals surface area contributed by atoms with Crippen molar-refractivity contribution in [1.29, 1.82) is 0 Å². The lowest BCUT2D eigenvalue weighted by Crippen LogP contribution is -2.45. The number of thiophene rings is 1. The molecule has 2 saturated carbocycles. The minimum atomic E-state index is 0.0591. The molecule has 3 rings (SSSR count). The molecule has 2 aliphatic carbocycles. The van der Waals surface area contributed by atoms with Crippen LogP contribution in [0.5, 0.6) is 0 Å². The minimum absolute atomic E-state index is 0.0591. The normalized spacial score (nSPS) is 32.7. The van der Waals surface area contributed by atoms with E-state index in [1.807, 2.05) is 0 Å². The van der Waals surface area contributed by atoms with E-state index in [1.54, 1.807) is 11.3 Å². The lowest BCUT2D eigenvalue weighted by atomic mass is 9.84. The van der Waals surface area contributed by atoms with Crippen molar-refractivity contribution in [2.75, 3.05) is 0 Å². The Hall–Kier alpha value is -0.870. The Morgan fingerprint density at radius 2 is 2.26 bits per heavy atom. The lowest BCUT2D eigenvalue weighted by Gasteiger charge is -2.27. The molecule has 3 N–H and O–H groups in total. The number of nitrogens with two attached hydrogens (primary N) is 1. The Morgan fingerprint density at radius 1 is 1.47 bits per heavy atom. The fourth-order valence-electron chi connectivity index (χ4n) is 3.85. The zero-order chi connectivity index (χ0) is 13.4. The second kappa shape index (κ2) is 5.25. The summed E-state index contributed by atoms with van der Waals surface area (Å²) in [5.74, 6) is 1.36. The molecule has 4 atom stereocenters. The summed E-state index contributed by atoms with van der Waals surface area (Å²) in [5, 5.41) is 5.21. The summed E-state index contributed by atoms with van der Waals surface area (Å²) in [6.07, 6.45) is 4.61. The summed E-state index contributed by atoms with van der Waals surface area (Å²) in [5.41, 5.74) is 7.56. The Kier molecular flexibility index (Phi) is 3.63. The standard InChI is InChI=1S/C15H22N2OS/c1-2-9-5-6-19-12(9)8-17-15(18)13-10-3-4-11(7-10)14(13)16/h5-6,10-11,13-14H,2-4,7-8,16H2,1H3,(H,17,18). The average Bonchev–Trinajstić information content (AvgIpc) is 3.10. The van der Waals surface area contributed by atoms with Gasteiger partial charge in [-0.05, 0) is 54.5 Å². The number of fused-ring (bicyclic) bond motifs is 2. The van der Waals surface area contributed by atoms with Gasteiger partial charge in [-0.25, -0.2) is 0 Å². The highest BCUT2D eigenvalue weighted by Gasteiger charge is 2.48. The minimum Gasteiger partial charge on any atom is -0.351 e. The predicted molar refractivity (Wildman–Crippen MR) is 77.8 cm³/mol. The molecule has 2 bridgehead atoms. The first-order valence-corrected chi connectivity index (χ1v) is 8.17. The van der Waals surface area contributed by atoms with Crippen LogP contribution in [0.1, 0.15) is 36.6 Å². The molecular formula is C15H22N2OS. The molecule has 3 nitrogen and oxygen atoms in total. The largest absolute Gasteiger partial charge is 0.351 e. The van der Waals surface area contributed by atoms with Gasteiger partial charge < -0.3 is 11.1 Å². The Balaban J connectivity index is 1.60. The quantitative estimate of drug-likeness (QED) is 0.888. The van der Waals surface area contributed by atoms with E-state index in [9.17, 15) is 4.79 Å². The molecule has 1 amide bonds. The summed E-state index contributed by atoms with van der Waals surface area (Å²) in [6, 6.07) is 2.24. The molecule has 0 saturated heterocycles. The van der Waals surface area contributed by atoms with Crippen LogP contribution in [0.3, 0.4) is 0 Å². The first-order chi connectivity index (χ1) is 9.20. The van der Waals surface area contributed by atoms with Crippen LogP contribution in [-0.4, -0.2) is 11.9 Å². The van der Waals surface area contributed by atoms with Gasteiger partial charge in [0.15, 0.2) is 0 Å². The number of aryl methyl sites for hydroxylation is 1. The first kappa shape index (κ1) is 13.1. The molecule has 1 aromatic rings. The number of hydrogen-bond acceptors (Lipinski definition) is 3. The smallest absolute Gasteiger partial charge is 0.225 e. The highest BCUT2D eigenvalue weighted by Crippen LogP contribution is 2.47. The zero-order valence-corrected chi connectivity index (χ0v) is 12.2. The summed E-state index contributed by atoms with van der Waals surface area (Å²) in [7, 11) is 0. The van der Waals surface area contributed by atoms with Gasteiger partial charge in [0.05, 0.1) is 12.5 Å². The lowest BCUT2D eigenvalue weighted by molar-refractivity contribution is -0.127. The van der Waals surface area contributed by atoms with Gasteiger partial charge in [0.25, 0.3) is 0 Å². The zero-order valence-electron chi connectivity index (χ0n) is 11.4. The van der Waals surface area contributed by atoms with Crippen LogP contribution in [0.25, 0.3) is 0 Å². The highest BCUT2D eigenvalue weighted by molar-refractivity contribution is 7.10. The van der Waals surface area contributed by atoms with E-state index in [1.165, 1.54) is 29.7 Å². The van der Waals surface area contributed by atoms with Gasteiger partial charge >= 0.3 is 0 Å². The van der Waals surface area contributed by atoms with Gasteiger partial charge in [-0.15, -0.1) is 11.3 Å². The van der Waals surface area contributed by atoms with E-state index in [0.717, 1.165) is 6.42 Å². The number of amides is 1. The summed E-state index contributed by atoms with van der Waals surface area (Å²) in [6.45, 7) is 2.82. The summed E-state index contributed by atoms with van der Waals surface area (Å²) >= 11 is 1.73. The van der Waals surface area contributed by atoms with E-state index in [2.05, 4.69) is 23.7 Å². The maximum atomic E-state index is 12.4. The van der Waals surface area contributed by atoms with Gasteiger partial charge in [0.1, 0.15) is 0 Å². The molecule has 1 aromatic heterocycles. The van der Waals surface area contributed by atoms with Crippen molar-refractivity contribution in [3.8, 4) is 0 Å². The van der Waals surface area contributed by atoms with Crippen LogP contribution in [0.2, 0.25) is 0 Å². The molecule has 0 radical (unpaired) electrons. The second-order valence-corrected chi connectivity index (χ2v) is 6.88. The van der Waals surface area contributed by atoms with Crippen LogP contribution in [0.4, 0.5) is 0 Å². The number of nitrogens with one attached hydrogen (secondary N) is 1. The van der Waals surface area contributed by atoms with Crippen LogP contribution in [0.15, 0.2) is 11.4 Å². The third kappa shape index (κ3) is 2.32. The van der Waals surface area contributed by atoms with Crippen molar-refractivity contribution < 1.29 is 4.79 Å². The van der Waals surface area contributed by atoms with E-state index in [-0.39, 0.29) is 17.9 Å². The predicted octanol–water partition coefficient (Wildman–Crippen LogP) is 2.30. The van der Waals surface area contributed by atoms with Gasteiger partial charge in [-0.3, -0.25) is 4.79 Å². The fourth-order valence-corrected chi connectivity index (χ4v) is 4.76. The van der Waals surface area contributed by atoms with Crippen molar-refractivity contribution >= 4 is 17.2 Å². The van der Waals surface area contributed by atoms with Crippen LogP contribution in [0, 0.1) is 17.8 Å². The van der Waals surface area contributed by atoms with Gasteiger partial charge in [-0.2, -0.15) is 0 Å². The Morgan fingerprint density at radius 3 is 2.95 bits per heavy atom. The number of carbonyl (C=O) groups is 1. The molecule has 0 aliphatic heterocycles. The Bertz CT molecular complexity index is 468. The van der Waals surface area contributed by atoms with Gasteiger partial charge in [-0.1, -0.05) is 6.92 Å². The molecule has 19 heavy (non-hydrogen) atoms. The molecule has 2 aliphatic rings. The van der Waals surface area contributed by atoms with E-state index in [0.29, 0.717) is 18.4 Å². The molecule has 4 heteroatoms. The van der Waals surface area contributed by atoms with E-state index >= 15 is 0 Å². The van der Waals surface area contributed by atoms with Crippen LogP contribution < -0.4 is 11.1 Å². The maximum absolute atomic E-state index is 12.4. The molecule has 0 aromatic carbocycles. The molecule has 4 unspecified atom stereocenters. The molecule has 2 fully saturated rings. The van der Waals surface area contributed by atoms with E-state index < -0.39 is 0 Å². The van der Waals surface area contributed by atoms with Crippen molar-refractivity contribution in [3.05, 3.63) is 21.9 Å². The molecule has 104 valence electrons. The van der Waals surface area contributed by atoms with Crippen LogP contribution >= 0.6 is 11.3 Å². The molecule has 1 heterocycles. The first-order valence-electron chi connectivity index (χ1n) is 7.29. The van der Waals surface area contributed by atoms with Crippen molar-refractivity contribution in [2.45, 2.75) is 45.2 Å². The SMILES string of the molecule is CCc1ccsc1CNC(=O)C1C2CCC(C2)C1N. The molecular weight excluding hydrogens is 256 g/mol. The fraction of sp³-hybridized carbons (Fsp3) is 0.667. The maximum Gasteiger partial charge on any atom is 0.225 e. The van der Waals surface area contributed by atoms with E-state index in [4.69, 9.17) is 5.73 Å². The monoisotopic (exact) mass is 278 g/mol. The van der Waals surface area contributed by atoms with Crippen molar-refractivity contribution in [3.63, 3.8) is 0 Å². The second-order valence-electron chi connectivity index (χ2n) is 5.88. The van der Waals surface area contributed by atoms with Crippen molar-refractivity contribution in [1.82, 2.24) is 5.32 Å². The number of rotatable bonds is 4. The summed E-state index contributed by atoms with van der Waals surface area (Å²) in [4.78, 5) is 13.6. The van der Waals surface area contributed by atoms with Crippen LogP contribution in [-0.2, 0) is 17.8 Å².